The third kappa shape index (κ3) is 4.40. The average Bonchev–Trinajstić information content (AvgIpc) is 3.71. The molecule has 0 amide bonds. The lowest BCUT2D eigenvalue weighted by atomic mass is 9.83. The molecule has 2 atom stereocenters. The SMILES string of the molecule is COc1cccc(/C=C/C2Oc3ccccc3C(=O)C2c2ccc(C#N)cc2)c1OCC1CC1. The van der Waals surface area contributed by atoms with Crippen molar-refractivity contribution < 1.29 is 19.0 Å². The number of para-hydroxylation sites is 2. The molecule has 0 saturated heterocycles. The van der Waals surface area contributed by atoms with Crippen molar-refractivity contribution in [2.45, 2.75) is 24.9 Å². The molecule has 0 aromatic heterocycles. The van der Waals surface area contributed by atoms with E-state index in [0.717, 1.165) is 11.1 Å². The number of fused-ring (bicyclic) bond motifs is 1. The molecule has 5 rings (SSSR count). The second kappa shape index (κ2) is 9.44. The van der Waals surface area contributed by atoms with Gasteiger partial charge in [-0.05, 0) is 60.7 Å². The summed E-state index contributed by atoms with van der Waals surface area (Å²) in [6.07, 6.45) is 5.73. The molecule has 1 heterocycles. The normalized spacial score (nSPS) is 19.2. The van der Waals surface area contributed by atoms with Crippen LogP contribution in [0.2, 0.25) is 0 Å². The van der Waals surface area contributed by atoms with Crippen molar-refractivity contribution in [1.29, 1.82) is 5.26 Å². The van der Waals surface area contributed by atoms with E-state index in [0.29, 0.717) is 40.9 Å². The van der Waals surface area contributed by atoms with Crippen LogP contribution in [0.4, 0.5) is 0 Å². The molecule has 0 spiro atoms. The van der Waals surface area contributed by atoms with Gasteiger partial charge in [-0.1, -0.05) is 42.5 Å². The number of Topliss-reactive ketones (excluding diaryl/α,β-unsaturated/α-hetero) is 1. The fourth-order valence-electron chi connectivity index (χ4n) is 4.22. The highest BCUT2D eigenvalue weighted by Gasteiger charge is 2.37. The van der Waals surface area contributed by atoms with Gasteiger partial charge in [0.05, 0.1) is 36.8 Å². The van der Waals surface area contributed by atoms with Crippen molar-refractivity contribution in [3.8, 4) is 23.3 Å². The minimum atomic E-state index is -0.527. The topological polar surface area (TPSA) is 68.5 Å². The van der Waals surface area contributed by atoms with Crippen molar-refractivity contribution in [2.24, 2.45) is 5.92 Å². The number of ether oxygens (including phenoxy) is 3. The third-order valence-electron chi connectivity index (χ3n) is 6.28. The molecule has 1 aliphatic heterocycles. The summed E-state index contributed by atoms with van der Waals surface area (Å²) in [6.45, 7) is 0.668. The van der Waals surface area contributed by atoms with Gasteiger partial charge in [0.25, 0.3) is 0 Å². The highest BCUT2D eigenvalue weighted by Crippen LogP contribution is 2.39. The molecule has 2 unspecified atom stereocenters. The van der Waals surface area contributed by atoms with Crippen LogP contribution in [0.3, 0.4) is 0 Å². The maximum atomic E-state index is 13.5. The highest BCUT2D eigenvalue weighted by atomic mass is 16.5. The number of carbonyl (C=O) groups is 1. The minimum absolute atomic E-state index is 0.00273. The number of nitriles is 1. The van der Waals surface area contributed by atoms with E-state index in [1.807, 2.05) is 60.7 Å². The van der Waals surface area contributed by atoms with Crippen LogP contribution in [0.1, 0.15) is 45.8 Å². The van der Waals surface area contributed by atoms with Crippen LogP contribution in [0.5, 0.6) is 17.2 Å². The Labute approximate surface area is 199 Å². The molecule has 2 aliphatic rings. The van der Waals surface area contributed by atoms with Crippen LogP contribution in [-0.4, -0.2) is 25.6 Å². The van der Waals surface area contributed by atoms with Gasteiger partial charge in [-0.25, -0.2) is 0 Å². The molecular weight excluding hydrogens is 426 g/mol. The first-order chi connectivity index (χ1) is 16.7. The third-order valence-corrected chi connectivity index (χ3v) is 6.28. The van der Waals surface area contributed by atoms with E-state index in [1.165, 1.54) is 12.8 Å². The molecule has 5 nitrogen and oxygen atoms in total. The number of methoxy groups -OCH3 is 1. The quantitative estimate of drug-likeness (QED) is 0.454. The Kier molecular flexibility index (Phi) is 6.05. The summed E-state index contributed by atoms with van der Waals surface area (Å²) in [6, 6.07) is 22.3. The molecule has 3 aromatic rings. The number of hydrogen-bond donors (Lipinski definition) is 0. The summed E-state index contributed by atoms with van der Waals surface area (Å²) in [7, 11) is 1.63. The van der Waals surface area contributed by atoms with E-state index in [9.17, 15) is 4.79 Å². The fourth-order valence-corrected chi connectivity index (χ4v) is 4.22. The van der Waals surface area contributed by atoms with E-state index in [2.05, 4.69) is 6.07 Å². The summed E-state index contributed by atoms with van der Waals surface area (Å²) < 4.78 is 18.0. The van der Waals surface area contributed by atoms with Gasteiger partial charge >= 0.3 is 0 Å². The lowest BCUT2D eigenvalue weighted by Gasteiger charge is -2.31. The second-order valence-corrected chi connectivity index (χ2v) is 8.65. The minimum Gasteiger partial charge on any atom is -0.493 e. The van der Waals surface area contributed by atoms with Gasteiger partial charge in [-0.2, -0.15) is 5.26 Å². The largest absolute Gasteiger partial charge is 0.493 e. The van der Waals surface area contributed by atoms with Crippen LogP contribution in [-0.2, 0) is 0 Å². The van der Waals surface area contributed by atoms with Crippen molar-refractivity contribution in [3.05, 3.63) is 95.1 Å². The van der Waals surface area contributed by atoms with E-state index >= 15 is 0 Å². The molecule has 1 saturated carbocycles. The molecule has 0 N–H and O–H groups in total. The van der Waals surface area contributed by atoms with E-state index in [-0.39, 0.29) is 5.78 Å². The average molecular weight is 452 g/mol. The molecule has 0 radical (unpaired) electrons. The monoisotopic (exact) mass is 451 g/mol. The van der Waals surface area contributed by atoms with Crippen LogP contribution in [0.25, 0.3) is 6.08 Å². The summed E-state index contributed by atoms with van der Waals surface area (Å²) in [5.74, 6) is 2.03. The lowest BCUT2D eigenvalue weighted by molar-refractivity contribution is 0.0842. The number of nitrogens with zero attached hydrogens (tertiary/aromatic N) is 1. The molecule has 1 aliphatic carbocycles. The Morgan fingerprint density at radius 3 is 2.59 bits per heavy atom. The molecule has 1 fully saturated rings. The number of benzene rings is 3. The van der Waals surface area contributed by atoms with Gasteiger partial charge in [-0.3, -0.25) is 4.79 Å². The lowest BCUT2D eigenvalue weighted by Crippen LogP contribution is -2.34. The Morgan fingerprint density at radius 2 is 1.85 bits per heavy atom. The van der Waals surface area contributed by atoms with Crippen LogP contribution in [0.15, 0.2) is 72.8 Å². The van der Waals surface area contributed by atoms with E-state index in [4.69, 9.17) is 19.5 Å². The molecule has 170 valence electrons. The maximum Gasteiger partial charge on any atom is 0.178 e. The van der Waals surface area contributed by atoms with Crippen molar-refractivity contribution in [2.75, 3.05) is 13.7 Å². The Morgan fingerprint density at radius 1 is 1.06 bits per heavy atom. The van der Waals surface area contributed by atoms with Gasteiger partial charge in [0.2, 0.25) is 0 Å². The Balaban J connectivity index is 1.50. The fraction of sp³-hybridized carbons (Fsp3) is 0.241. The molecule has 5 heteroatoms. The first kappa shape index (κ1) is 21.8. The van der Waals surface area contributed by atoms with Crippen LogP contribution >= 0.6 is 0 Å². The van der Waals surface area contributed by atoms with E-state index in [1.54, 1.807) is 25.3 Å². The van der Waals surface area contributed by atoms with Crippen molar-refractivity contribution in [3.63, 3.8) is 0 Å². The first-order valence-electron chi connectivity index (χ1n) is 11.5. The summed E-state index contributed by atoms with van der Waals surface area (Å²) in [5.41, 5.74) is 2.79. The predicted molar refractivity (Wildman–Crippen MR) is 129 cm³/mol. The highest BCUT2D eigenvalue weighted by molar-refractivity contribution is 6.04. The number of carbonyl (C=O) groups excluding carboxylic acids is 1. The molecule has 34 heavy (non-hydrogen) atoms. The number of ketones is 1. The second-order valence-electron chi connectivity index (χ2n) is 8.65. The van der Waals surface area contributed by atoms with Crippen LogP contribution < -0.4 is 14.2 Å². The molecule has 0 bridgehead atoms. The van der Waals surface area contributed by atoms with Gasteiger partial charge in [0.1, 0.15) is 11.9 Å². The predicted octanol–water partition coefficient (Wildman–Crippen LogP) is 5.80. The standard InChI is InChI=1S/C29H25NO4/c1-32-26-8-4-5-22(29(26)33-18-20-9-10-20)15-16-25-27(21-13-11-19(17-30)12-14-21)28(31)23-6-2-3-7-24(23)34-25/h2-8,11-16,20,25,27H,9-10,18H2,1H3/b16-15+. The smallest absolute Gasteiger partial charge is 0.178 e. The number of hydrogen-bond acceptors (Lipinski definition) is 5. The zero-order chi connectivity index (χ0) is 23.5. The van der Waals surface area contributed by atoms with Gasteiger partial charge in [0, 0.05) is 5.56 Å². The van der Waals surface area contributed by atoms with Gasteiger partial charge < -0.3 is 14.2 Å². The number of rotatable bonds is 7. The van der Waals surface area contributed by atoms with E-state index < -0.39 is 12.0 Å². The van der Waals surface area contributed by atoms with Crippen LogP contribution in [0, 0.1) is 17.2 Å². The maximum absolute atomic E-state index is 13.5. The summed E-state index contributed by atoms with van der Waals surface area (Å²) in [4.78, 5) is 13.5. The Bertz CT molecular complexity index is 1270. The summed E-state index contributed by atoms with van der Waals surface area (Å²) in [5, 5.41) is 9.16. The molecule has 3 aromatic carbocycles. The Hall–Kier alpha value is -4.04. The van der Waals surface area contributed by atoms with Crippen molar-refractivity contribution in [1.82, 2.24) is 0 Å². The van der Waals surface area contributed by atoms with Gasteiger partial charge in [-0.15, -0.1) is 0 Å². The zero-order valence-electron chi connectivity index (χ0n) is 18.9. The molecular formula is C29H25NO4. The van der Waals surface area contributed by atoms with Crippen molar-refractivity contribution >= 4 is 11.9 Å². The summed E-state index contributed by atoms with van der Waals surface area (Å²) >= 11 is 0. The zero-order valence-corrected chi connectivity index (χ0v) is 18.9. The first-order valence-corrected chi connectivity index (χ1v) is 11.5. The van der Waals surface area contributed by atoms with Gasteiger partial charge in [0.15, 0.2) is 17.3 Å².